The van der Waals surface area contributed by atoms with Gasteiger partial charge in [-0.2, -0.15) is 4.31 Å². The summed E-state index contributed by atoms with van der Waals surface area (Å²) < 4.78 is 27.6. The summed E-state index contributed by atoms with van der Waals surface area (Å²) in [6, 6.07) is 4.89. The lowest BCUT2D eigenvalue weighted by molar-refractivity contribution is 0.448. The van der Waals surface area contributed by atoms with E-state index in [0.29, 0.717) is 24.9 Å². The molecule has 1 N–H and O–H groups in total. The standard InChI is InChI=1S/C12H14BrClN2O2S.ClH/c13-10-1-2-12(11(14)3-10)19(17,18)16-6-8-4-15-5-9(8)7-16;/h1-3,8-9,15H,4-7H2;1H/t8-,9+;. The second-order valence-corrected chi connectivity index (χ2v) is 8.30. The second-order valence-electron chi connectivity index (χ2n) is 5.08. The van der Waals surface area contributed by atoms with Crippen molar-refractivity contribution in [1.82, 2.24) is 9.62 Å². The van der Waals surface area contributed by atoms with Gasteiger partial charge in [0.05, 0.1) is 5.02 Å². The third kappa shape index (κ3) is 2.87. The van der Waals surface area contributed by atoms with Crippen molar-refractivity contribution < 1.29 is 8.42 Å². The molecule has 1 aromatic rings. The Labute approximate surface area is 138 Å². The van der Waals surface area contributed by atoms with E-state index in [-0.39, 0.29) is 22.3 Å². The Morgan fingerprint density at radius 1 is 1.25 bits per heavy atom. The van der Waals surface area contributed by atoms with Gasteiger partial charge in [0.25, 0.3) is 0 Å². The number of rotatable bonds is 2. The van der Waals surface area contributed by atoms with Gasteiger partial charge in [0.1, 0.15) is 4.90 Å². The van der Waals surface area contributed by atoms with Crippen molar-refractivity contribution in [3.63, 3.8) is 0 Å². The maximum absolute atomic E-state index is 12.6. The number of nitrogens with one attached hydrogen (secondary N) is 1. The monoisotopic (exact) mass is 400 g/mol. The van der Waals surface area contributed by atoms with Gasteiger partial charge in [0.2, 0.25) is 10.0 Å². The minimum atomic E-state index is -3.48. The normalized spacial score (nSPS) is 26.3. The first-order chi connectivity index (χ1) is 8.98. The lowest BCUT2D eigenvalue weighted by Crippen LogP contribution is -2.32. The highest BCUT2D eigenvalue weighted by Gasteiger charge is 2.41. The van der Waals surface area contributed by atoms with Crippen LogP contribution in [0.1, 0.15) is 0 Å². The molecule has 112 valence electrons. The largest absolute Gasteiger partial charge is 0.316 e. The van der Waals surface area contributed by atoms with Gasteiger partial charge >= 0.3 is 0 Å². The van der Waals surface area contributed by atoms with Crippen LogP contribution in [0.2, 0.25) is 5.02 Å². The van der Waals surface area contributed by atoms with Gasteiger partial charge in [-0.05, 0) is 43.1 Å². The van der Waals surface area contributed by atoms with E-state index >= 15 is 0 Å². The molecule has 0 bridgehead atoms. The molecule has 0 radical (unpaired) electrons. The summed E-state index contributed by atoms with van der Waals surface area (Å²) in [7, 11) is -3.48. The molecular weight excluding hydrogens is 387 g/mol. The molecule has 4 nitrogen and oxygen atoms in total. The van der Waals surface area contributed by atoms with Crippen molar-refractivity contribution in [2.24, 2.45) is 11.8 Å². The number of sulfonamides is 1. The number of fused-ring (bicyclic) bond motifs is 1. The molecule has 3 rings (SSSR count). The third-order valence-corrected chi connectivity index (χ3v) is 6.68. The molecular formula is C12H15BrCl2N2O2S. The van der Waals surface area contributed by atoms with Crippen LogP contribution in [0.25, 0.3) is 0 Å². The fourth-order valence-corrected chi connectivity index (χ4v) is 5.40. The zero-order valence-corrected chi connectivity index (χ0v) is 14.5. The Morgan fingerprint density at radius 3 is 2.40 bits per heavy atom. The van der Waals surface area contributed by atoms with Gasteiger partial charge < -0.3 is 5.32 Å². The molecule has 0 saturated carbocycles. The Bertz CT molecular complexity index is 599. The highest BCUT2D eigenvalue weighted by atomic mass is 79.9. The topological polar surface area (TPSA) is 49.4 Å². The molecule has 0 aromatic heterocycles. The number of halogens is 3. The van der Waals surface area contributed by atoms with Gasteiger partial charge in [-0.1, -0.05) is 27.5 Å². The summed E-state index contributed by atoms with van der Waals surface area (Å²) in [5, 5.41) is 3.57. The smallest absolute Gasteiger partial charge is 0.244 e. The summed E-state index contributed by atoms with van der Waals surface area (Å²) in [5.41, 5.74) is 0. The number of hydrogen-bond acceptors (Lipinski definition) is 3. The van der Waals surface area contributed by atoms with Crippen molar-refractivity contribution >= 4 is 50.0 Å². The number of benzene rings is 1. The number of hydrogen-bond donors (Lipinski definition) is 1. The van der Waals surface area contributed by atoms with E-state index < -0.39 is 10.0 Å². The highest BCUT2D eigenvalue weighted by Crippen LogP contribution is 2.33. The third-order valence-electron chi connectivity index (χ3n) is 3.87. The van der Waals surface area contributed by atoms with E-state index in [2.05, 4.69) is 21.2 Å². The van der Waals surface area contributed by atoms with Gasteiger partial charge in [0.15, 0.2) is 0 Å². The molecule has 2 aliphatic rings. The molecule has 2 aliphatic heterocycles. The molecule has 2 saturated heterocycles. The van der Waals surface area contributed by atoms with Gasteiger partial charge in [-0.3, -0.25) is 0 Å². The minimum absolute atomic E-state index is 0. The van der Waals surface area contributed by atoms with Crippen molar-refractivity contribution in [2.75, 3.05) is 26.2 Å². The summed E-state index contributed by atoms with van der Waals surface area (Å²) in [4.78, 5) is 0.199. The van der Waals surface area contributed by atoms with E-state index in [1.807, 2.05) is 0 Å². The zero-order chi connectivity index (χ0) is 13.6. The zero-order valence-electron chi connectivity index (χ0n) is 10.6. The minimum Gasteiger partial charge on any atom is -0.316 e. The van der Waals surface area contributed by atoms with Crippen molar-refractivity contribution in [3.05, 3.63) is 27.7 Å². The Balaban J connectivity index is 0.00000147. The molecule has 20 heavy (non-hydrogen) atoms. The fourth-order valence-electron chi connectivity index (χ4n) is 2.83. The van der Waals surface area contributed by atoms with Crippen LogP contribution in [0.15, 0.2) is 27.6 Å². The second kappa shape index (κ2) is 6.10. The first kappa shape index (κ1) is 16.5. The maximum Gasteiger partial charge on any atom is 0.244 e. The van der Waals surface area contributed by atoms with Crippen molar-refractivity contribution in [2.45, 2.75) is 4.90 Å². The lowest BCUT2D eigenvalue weighted by Gasteiger charge is -2.18. The van der Waals surface area contributed by atoms with Crippen LogP contribution in [0.3, 0.4) is 0 Å². The average molecular weight is 402 g/mol. The molecule has 0 aliphatic carbocycles. The van der Waals surface area contributed by atoms with E-state index in [9.17, 15) is 8.42 Å². The molecule has 2 atom stereocenters. The lowest BCUT2D eigenvalue weighted by atomic mass is 10.0. The SMILES string of the molecule is Cl.O=S(=O)(c1ccc(Br)cc1Cl)N1C[C@H]2CNC[C@H]2C1. The van der Waals surface area contributed by atoms with Crippen LogP contribution in [0, 0.1) is 11.8 Å². The predicted molar refractivity (Wildman–Crippen MR) is 85.0 cm³/mol. The van der Waals surface area contributed by atoms with Crippen LogP contribution in [0.4, 0.5) is 0 Å². The predicted octanol–water partition coefficient (Wildman–Crippen LogP) is 2.36. The van der Waals surface area contributed by atoms with Crippen LogP contribution in [0.5, 0.6) is 0 Å². The van der Waals surface area contributed by atoms with E-state index in [1.165, 1.54) is 0 Å². The van der Waals surface area contributed by atoms with E-state index in [0.717, 1.165) is 17.6 Å². The van der Waals surface area contributed by atoms with Crippen molar-refractivity contribution in [1.29, 1.82) is 0 Å². The molecule has 1 aromatic carbocycles. The van der Waals surface area contributed by atoms with Gasteiger partial charge in [0, 0.05) is 17.6 Å². The van der Waals surface area contributed by atoms with E-state index in [4.69, 9.17) is 11.6 Å². The van der Waals surface area contributed by atoms with Crippen molar-refractivity contribution in [3.8, 4) is 0 Å². The fraction of sp³-hybridized carbons (Fsp3) is 0.500. The quantitative estimate of drug-likeness (QED) is 0.827. The molecule has 0 amide bonds. The first-order valence-corrected chi connectivity index (χ1v) is 8.75. The average Bonchev–Trinajstić information content (AvgIpc) is 2.87. The van der Waals surface area contributed by atoms with Crippen LogP contribution >= 0.6 is 39.9 Å². The van der Waals surface area contributed by atoms with Crippen LogP contribution in [-0.4, -0.2) is 38.9 Å². The van der Waals surface area contributed by atoms with E-state index in [1.54, 1.807) is 22.5 Å². The Morgan fingerprint density at radius 2 is 1.85 bits per heavy atom. The summed E-state index contributed by atoms with van der Waals surface area (Å²) >= 11 is 9.35. The molecule has 2 heterocycles. The number of nitrogens with zero attached hydrogens (tertiary/aromatic N) is 1. The maximum atomic E-state index is 12.6. The molecule has 8 heteroatoms. The summed E-state index contributed by atoms with van der Waals surface area (Å²) in [5.74, 6) is 0.869. The highest BCUT2D eigenvalue weighted by molar-refractivity contribution is 9.10. The van der Waals surface area contributed by atoms with Gasteiger partial charge in [-0.15, -0.1) is 12.4 Å². The molecule has 0 unspecified atom stereocenters. The molecule has 2 fully saturated rings. The molecule has 0 spiro atoms. The summed E-state index contributed by atoms with van der Waals surface area (Å²) in [6.45, 7) is 2.99. The van der Waals surface area contributed by atoms with Gasteiger partial charge in [-0.25, -0.2) is 8.42 Å². The Hall–Kier alpha value is 0.150. The van der Waals surface area contributed by atoms with Crippen LogP contribution < -0.4 is 5.32 Å². The van der Waals surface area contributed by atoms with Crippen LogP contribution in [-0.2, 0) is 10.0 Å². The Kier molecular flexibility index (Phi) is 5.04. The summed E-state index contributed by atoms with van der Waals surface area (Å²) in [6.07, 6.45) is 0. The first-order valence-electron chi connectivity index (χ1n) is 6.14.